The van der Waals surface area contributed by atoms with Crippen LogP contribution in [0.3, 0.4) is 0 Å². The summed E-state index contributed by atoms with van der Waals surface area (Å²) < 4.78 is 0. The smallest absolute Gasteiger partial charge is 0.291 e. The van der Waals surface area contributed by atoms with Gasteiger partial charge in [-0.2, -0.15) is 0 Å². The first-order chi connectivity index (χ1) is 7.93. The van der Waals surface area contributed by atoms with Crippen molar-refractivity contribution in [2.75, 3.05) is 0 Å². The SMILES string of the molecule is O=[N+]([O-])O.O=[N+]([O-])O.c1ccc2[nH]cnc2c1. The van der Waals surface area contributed by atoms with Crippen LogP contribution in [0, 0.1) is 20.2 Å². The van der Waals surface area contributed by atoms with E-state index in [4.69, 9.17) is 30.6 Å². The molecule has 2 rings (SSSR count). The van der Waals surface area contributed by atoms with Gasteiger partial charge in [0.05, 0.1) is 17.4 Å². The Morgan fingerprint density at radius 1 is 1.12 bits per heavy atom. The van der Waals surface area contributed by atoms with Gasteiger partial charge in [0.15, 0.2) is 0 Å². The molecule has 10 nitrogen and oxygen atoms in total. The van der Waals surface area contributed by atoms with Crippen LogP contribution in [-0.2, 0) is 0 Å². The van der Waals surface area contributed by atoms with Crippen molar-refractivity contribution in [3.8, 4) is 0 Å². The molecule has 0 saturated heterocycles. The van der Waals surface area contributed by atoms with Crippen LogP contribution in [0.2, 0.25) is 0 Å². The van der Waals surface area contributed by atoms with Crippen LogP contribution < -0.4 is 0 Å². The molecule has 17 heavy (non-hydrogen) atoms. The molecule has 92 valence electrons. The molecular formula is C7H8N4O6. The predicted octanol–water partition coefficient (Wildman–Crippen LogP) is 0.867. The molecular weight excluding hydrogens is 236 g/mol. The topological polar surface area (TPSA) is 155 Å². The van der Waals surface area contributed by atoms with E-state index in [2.05, 4.69) is 9.97 Å². The molecule has 1 aromatic heterocycles. The largest absolute Gasteiger partial charge is 0.345 e. The Morgan fingerprint density at radius 2 is 1.59 bits per heavy atom. The van der Waals surface area contributed by atoms with E-state index in [9.17, 15) is 0 Å². The Bertz CT molecular complexity index is 434. The van der Waals surface area contributed by atoms with Gasteiger partial charge in [-0.3, -0.25) is 0 Å². The maximum Gasteiger partial charge on any atom is 0.291 e. The zero-order valence-electron chi connectivity index (χ0n) is 8.26. The summed E-state index contributed by atoms with van der Waals surface area (Å²) in [5.74, 6) is 0. The van der Waals surface area contributed by atoms with Gasteiger partial charge < -0.3 is 15.4 Å². The third-order valence-corrected chi connectivity index (χ3v) is 1.33. The maximum atomic E-state index is 8.36. The van der Waals surface area contributed by atoms with E-state index in [0.717, 1.165) is 11.0 Å². The van der Waals surface area contributed by atoms with Crippen molar-refractivity contribution in [1.29, 1.82) is 0 Å². The number of para-hydroxylation sites is 2. The predicted molar refractivity (Wildman–Crippen MR) is 53.7 cm³/mol. The van der Waals surface area contributed by atoms with Crippen LogP contribution in [0.5, 0.6) is 0 Å². The van der Waals surface area contributed by atoms with Gasteiger partial charge in [0, 0.05) is 0 Å². The minimum atomic E-state index is -1.50. The third kappa shape index (κ3) is 8.11. The Kier molecular flexibility index (Phi) is 6.13. The minimum Gasteiger partial charge on any atom is -0.345 e. The summed E-state index contributed by atoms with van der Waals surface area (Å²) in [7, 11) is 0. The molecule has 10 heteroatoms. The fourth-order valence-corrected chi connectivity index (χ4v) is 0.880. The summed E-state index contributed by atoms with van der Waals surface area (Å²) in [6.45, 7) is 0. The van der Waals surface area contributed by atoms with Crippen molar-refractivity contribution in [3.05, 3.63) is 50.8 Å². The summed E-state index contributed by atoms with van der Waals surface area (Å²) in [4.78, 5) is 23.8. The Hall–Kier alpha value is -2.91. The highest BCUT2D eigenvalue weighted by molar-refractivity contribution is 5.73. The van der Waals surface area contributed by atoms with E-state index in [0.29, 0.717) is 0 Å². The number of fused-ring (bicyclic) bond motifs is 1. The van der Waals surface area contributed by atoms with Gasteiger partial charge in [-0.05, 0) is 12.1 Å². The van der Waals surface area contributed by atoms with Crippen LogP contribution in [0.1, 0.15) is 0 Å². The lowest BCUT2D eigenvalue weighted by Gasteiger charge is -1.81. The Morgan fingerprint density at radius 3 is 2.06 bits per heavy atom. The number of hydrogen-bond donors (Lipinski definition) is 3. The average Bonchev–Trinajstić information content (AvgIpc) is 2.62. The number of aromatic amines is 1. The van der Waals surface area contributed by atoms with Crippen molar-refractivity contribution >= 4 is 11.0 Å². The van der Waals surface area contributed by atoms with Crippen molar-refractivity contribution in [3.63, 3.8) is 0 Å². The fourth-order valence-electron chi connectivity index (χ4n) is 0.880. The Balaban J connectivity index is 0.000000274. The van der Waals surface area contributed by atoms with Gasteiger partial charge in [-0.1, -0.05) is 12.1 Å². The number of nitrogens with zero attached hydrogens (tertiary/aromatic N) is 3. The van der Waals surface area contributed by atoms with Gasteiger partial charge in [0.1, 0.15) is 0 Å². The molecule has 3 N–H and O–H groups in total. The quantitative estimate of drug-likeness (QED) is 0.458. The standard InChI is InChI=1S/C7H6N2.2HNO3/c1-2-4-7-6(3-1)8-5-9-7;2*2-1(3)4/h1-5H,(H,8,9);2*(H,2,3,4). The zero-order chi connectivity index (χ0) is 13.3. The third-order valence-electron chi connectivity index (χ3n) is 1.33. The van der Waals surface area contributed by atoms with Crippen molar-refractivity contribution in [2.24, 2.45) is 0 Å². The van der Waals surface area contributed by atoms with Crippen molar-refractivity contribution in [2.45, 2.75) is 0 Å². The summed E-state index contributed by atoms with van der Waals surface area (Å²) >= 11 is 0. The molecule has 0 saturated carbocycles. The first kappa shape index (κ1) is 14.1. The fraction of sp³-hybridized carbons (Fsp3) is 0. The molecule has 0 aliphatic heterocycles. The first-order valence-electron chi connectivity index (χ1n) is 3.98. The van der Waals surface area contributed by atoms with Crippen LogP contribution in [-0.4, -0.2) is 30.6 Å². The van der Waals surface area contributed by atoms with E-state index in [1.807, 2.05) is 24.3 Å². The van der Waals surface area contributed by atoms with Crippen molar-refractivity contribution in [1.82, 2.24) is 9.97 Å². The second-order valence-electron chi connectivity index (χ2n) is 2.40. The van der Waals surface area contributed by atoms with Gasteiger partial charge >= 0.3 is 0 Å². The molecule has 1 aromatic carbocycles. The molecule has 1 heterocycles. The number of hydrogen-bond acceptors (Lipinski definition) is 5. The average molecular weight is 244 g/mol. The number of benzene rings is 1. The maximum absolute atomic E-state index is 8.36. The van der Waals surface area contributed by atoms with Crippen molar-refractivity contribution < 1.29 is 20.6 Å². The molecule has 0 bridgehead atoms. The highest BCUT2D eigenvalue weighted by Gasteiger charge is 1.88. The molecule has 0 spiro atoms. The van der Waals surface area contributed by atoms with Gasteiger partial charge in [-0.25, -0.2) is 4.98 Å². The molecule has 0 fully saturated rings. The van der Waals surface area contributed by atoms with Gasteiger partial charge in [0.25, 0.3) is 10.2 Å². The summed E-state index contributed by atoms with van der Waals surface area (Å²) in [5, 5.41) is 27.3. The molecule has 0 atom stereocenters. The minimum absolute atomic E-state index is 1.03. The summed E-state index contributed by atoms with van der Waals surface area (Å²) in [6, 6.07) is 7.94. The van der Waals surface area contributed by atoms with Crippen LogP contribution >= 0.6 is 0 Å². The van der Waals surface area contributed by atoms with E-state index >= 15 is 0 Å². The van der Waals surface area contributed by atoms with Gasteiger partial charge in [-0.15, -0.1) is 20.2 Å². The number of aromatic nitrogens is 2. The Labute approximate surface area is 93.4 Å². The lowest BCUT2D eigenvalue weighted by atomic mass is 10.3. The van der Waals surface area contributed by atoms with Gasteiger partial charge in [0.2, 0.25) is 0 Å². The number of H-pyrrole nitrogens is 1. The second kappa shape index (κ2) is 7.39. The molecule has 2 aromatic rings. The van der Waals surface area contributed by atoms with E-state index in [-0.39, 0.29) is 0 Å². The highest BCUT2D eigenvalue weighted by Crippen LogP contribution is 2.05. The van der Waals surface area contributed by atoms with Crippen LogP contribution in [0.25, 0.3) is 11.0 Å². The normalized spacial score (nSPS) is 8.24. The summed E-state index contributed by atoms with van der Waals surface area (Å²) in [6.07, 6.45) is 1.70. The monoisotopic (exact) mass is 244 g/mol. The van der Waals surface area contributed by atoms with Crippen LogP contribution in [0.15, 0.2) is 30.6 Å². The van der Waals surface area contributed by atoms with E-state index < -0.39 is 10.2 Å². The van der Waals surface area contributed by atoms with Crippen LogP contribution in [0.4, 0.5) is 0 Å². The number of rotatable bonds is 0. The lowest BCUT2D eigenvalue weighted by molar-refractivity contribution is -0.742. The lowest BCUT2D eigenvalue weighted by Crippen LogP contribution is -1.81. The summed E-state index contributed by atoms with van der Waals surface area (Å²) in [5.41, 5.74) is 2.12. The molecule has 0 unspecified atom stereocenters. The first-order valence-corrected chi connectivity index (χ1v) is 3.98. The number of nitrogens with one attached hydrogen (secondary N) is 1. The van der Waals surface area contributed by atoms with E-state index in [1.165, 1.54) is 0 Å². The second-order valence-corrected chi connectivity index (χ2v) is 2.40. The molecule has 0 amide bonds. The zero-order valence-corrected chi connectivity index (χ0v) is 8.26. The molecule has 0 aliphatic carbocycles. The molecule has 0 aliphatic rings. The highest BCUT2D eigenvalue weighted by atomic mass is 16.9. The number of imidazole rings is 1. The van der Waals surface area contributed by atoms with E-state index in [1.54, 1.807) is 6.33 Å². The molecule has 0 radical (unpaired) electrons.